The minimum Gasteiger partial charge on any atom is -0.457 e. The number of thiazole rings is 1. The topological polar surface area (TPSA) is 104 Å². The number of halogens is 6. The molecule has 0 radical (unpaired) electrons. The third kappa shape index (κ3) is 7.79. The summed E-state index contributed by atoms with van der Waals surface area (Å²) in [4.78, 5) is 33.0. The molecule has 248 valence electrons. The summed E-state index contributed by atoms with van der Waals surface area (Å²) in [7, 11) is 2.59. The van der Waals surface area contributed by atoms with Crippen LogP contribution in [0.25, 0.3) is 10.6 Å². The number of carbonyl (C=O) groups excluding carboxylic acids is 2. The van der Waals surface area contributed by atoms with Crippen LogP contribution in [-0.4, -0.2) is 89.3 Å². The fourth-order valence-electron chi connectivity index (χ4n) is 5.05. The number of ether oxygens (including phenoxy) is 1. The molecule has 5 rings (SSSR count). The van der Waals surface area contributed by atoms with Gasteiger partial charge in [-0.15, -0.1) is 11.3 Å². The van der Waals surface area contributed by atoms with Crippen LogP contribution in [0.4, 0.5) is 37.7 Å². The first-order chi connectivity index (χ1) is 22.2. The van der Waals surface area contributed by atoms with Gasteiger partial charge in [-0.1, -0.05) is 18.2 Å². The lowest BCUT2D eigenvalue weighted by Gasteiger charge is -2.43. The van der Waals surface area contributed by atoms with Gasteiger partial charge in [0.25, 0.3) is 5.91 Å². The van der Waals surface area contributed by atoms with E-state index in [4.69, 9.17) is 4.74 Å². The highest BCUT2D eigenvalue weighted by Gasteiger charge is 2.44. The molecule has 1 N–H and O–H groups in total. The van der Waals surface area contributed by atoms with Gasteiger partial charge in [-0.3, -0.25) is 14.5 Å². The van der Waals surface area contributed by atoms with Crippen molar-refractivity contribution in [2.45, 2.75) is 18.4 Å². The molecule has 2 amide bonds. The van der Waals surface area contributed by atoms with Crippen LogP contribution in [-0.2, 0) is 11.0 Å². The third-order valence-corrected chi connectivity index (χ3v) is 8.27. The van der Waals surface area contributed by atoms with E-state index in [1.807, 2.05) is 0 Å². The summed E-state index contributed by atoms with van der Waals surface area (Å²) in [5.41, 5.74) is -1.32. The molecule has 3 heterocycles. The van der Waals surface area contributed by atoms with Crippen LogP contribution < -0.4 is 15.0 Å². The molecule has 1 saturated heterocycles. The van der Waals surface area contributed by atoms with E-state index in [0.29, 0.717) is 15.5 Å². The molecule has 1 aliphatic rings. The summed E-state index contributed by atoms with van der Waals surface area (Å²) in [6, 6.07) is 11.0. The zero-order chi connectivity index (χ0) is 33.9. The number of aromatic nitrogens is 3. The van der Waals surface area contributed by atoms with Crippen LogP contribution in [0.2, 0.25) is 0 Å². The predicted octanol–water partition coefficient (Wildman–Crippen LogP) is 5.80. The number of carbonyl (C=O) groups is 2. The first kappa shape index (κ1) is 33.6. The molecule has 1 atom stereocenters. The van der Waals surface area contributed by atoms with Crippen molar-refractivity contribution in [1.82, 2.24) is 25.0 Å². The van der Waals surface area contributed by atoms with E-state index in [-0.39, 0.29) is 36.8 Å². The molecule has 10 nitrogen and oxygen atoms in total. The van der Waals surface area contributed by atoms with Crippen molar-refractivity contribution in [3.63, 3.8) is 0 Å². The summed E-state index contributed by atoms with van der Waals surface area (Å²) < 4.78 is 90.0. The van der Waals surface area contributed by atoms with Gasteiger partial charge < -0.3 is 19.9 Å². The van der Waals surface area contributed by atoms with Crippen molar-refractivity contribution in [3.05, 3.63) is 77.6 Å². The maximum absolute atomic E-state index is 15.0. The standard InChI is InChI=1S/C30H27F6N7O3S/c1-41-12-13-43(16-19(41)15-42(2)28(45)30(34,35)36)25-21(39-26(44)22-17-47-27(40-22)18-10-11-37-38-14-18)8-9-23(24(25)29(31,32)33)46-20-6-4-3-5-7-20/h3-11,14,17,19H,12-13,15-16H2,1-2H3,(H,39,44)/t19-/m0/s1. The second-order valence-corrected chi connectivity index (χ2v) is 11.5. The fourth-order valence-corrected chi connectivity index (χ4v) is 5.84. The number of alkyl halides is 6. The van der Waals surface area contributed by atoms with Gasteiger partial charge in [0.05, 0.1) is 23.8 Å². The molecule has 4 aromatic rings. The van der Waals surface area contributed by atoms with Crippen molar-refractivity contribution >= 4 is 34.5 Å². The Morgan fingerprint density at radius 1 is 1.04 bits per heavy atom. The van der Waals surface area contributed by atoms with Crippen LogP contribution in [0.1, 0.15) is 16.1 Å². The number of anilines is 2. The lowest BCUT2D eigenvalue weighted by atomic mass is 10.0. The van der Waals surface area contributed by atoms with Crippen LogP contribution in [0.3, 0.4) is 0 Å². The highest BCUT2D eigenvalue weighted by atomic mass is 32.1. The van der Waals surface area contributed by atoms with E-state index in [2.05, 4.69) is 20.5 Å². The maximum Gasteiger partial charge on any atom is 0.471 e. The fraction of sp³-hybridized carbons (Fsp3) is 0.300. The van der Waals surface area contributed by atoms with Crippen molar-refractivity contribution < 1.29 is 40.7 Å². The van der Waals surface area contributed by atoms with Gasteiger partial charge in [0.15, 0.2) is 0 Å². The number of rotatable bonds is 8. The summed E-state index contributed by atoms with van der Waals surface area (Å²) in [5, 5.41) is 11.9. The number of hydrogen-bond acceptors (Lipinski definition) is 9. The number of likely N-dealkylation sites (N-methyl/N-ethyl adjacent to an activating group) is 2. The molecule has 17 heteroatoms. The first-order valence-electron chi connectivity index (χ1n) is 14.0. The Bertz CT molecular complexity index is 1720. The number of para-hydroxylation sites is 1. The largest absolute Gasteiger partial charge is 0.471 e. The summed E-state index contributed by atoms with van der Waals surface area (Å²) >= 11 is 1.13. The highest BCUT2D eigenvalue weighted by molar-refractivity contribution is 7.13. The normalized spacial score (nSPS) is 15.7. The van der Waals surface area contributed by atoms with Gasteiger partial charge in [0, 0.05) is 50.2 Å². The Kier molecular flexibility index (Phi) is 9.67. The number of nitrogens with zero attached hydrogens (tertiary/aromatic N) is 6. The third-order valence-electron chi connectivity index (χ3n) is 7.38. The molecule has 1 aliphatic heterocycles. The van der Waals surface area contributed by atoms with Crippen molar-refractivity contribution in [3.8, 4) is 22.1 Å². The summed E-state index contributed by atoms with van der Waals surface area (Å²) in [6.45, 7) is -0.466. The molecule has 0 spiro atoms. The molecular weight excluding hydrogens is 652 g/mol. The molecule has 0 unspecified atom stereocenters. The lowest BCUT2D eigenvalue weighted by molar-refractivity contribution is -0.184. The van der Waals surface area contributed by atoms with E-state index >= 15 is 0 Å². The van der Waals surface area contributed by atoms with Gasteiger partial charge >= 0.3 is 18.3 Å². The second kappa shape index (κ2) is 13.5. The molecule has 47 heavy (non-hydrogen) atoms. The molecule has 1 fully saturated rings. The second-order valence-electron chi connectivity index (χ2n) is 10.6. The zero-order valence-electron chi connectivity index (χ0n) is 24.8. The number of piperazine rings is 1. The van der Waals surface area contributed by atoms with Gasteiger partial charge in [0.2, 0.25) is 0 Å². The maximum atomic E-state index is 15.0. The van der Waals surface area contributed by atoms with Gasteiger partial charge in [-0.25, -0.2) is 4.98 Å². The monoisotopic (exact) mass is 679 g/mol. The number of amides is 2. The van der Waals surface area contributed by atoms with Crippen LogP contribution in [0.15, 0.2) is 66.3 Å². The summed E-state index contributed by atoms with van der Waals surface area (Å²) in [6.07, 6.45) is -7.22. The van der Waals surface area contributed by atoms with Gasteiger partial charge in [-0.2, -0.15) is 36.5 Å². The Balaban J connectivity index is 1.54. The molecular formula is C30H27F6N7O3S. The lowest BCUT2D eigenvalue weighted by Crippen LogP contribution is -2.57. The Labute approximate surface area is 268 Å². The van der Waals surface area contributed by atoms with E-state index < -0.39 is 53.8 Å². The average Bonchev–Trinajstić information content (AvgIpc) is 3.53. The minimum absolute atomic E-state index is 0.0144. The van der Waals surface area contributed by atoms with Gasteiger partial charge in [-0.05, 0) is 37.4 Å². The van der Waals surface area contributed by atoms with Crippen LogP contribution >= 0.6 is 11.3 Å². The number of benzene rings is 2. The van der Waals surface area contributed by atoms with Crippen molar-refractivity contribution in [1.29, 1.82) is 0 Å². The predicted molar refractivity (Wildman–Crippen MR) is 161 cm³/mol. The van der Waals surface area contributed by atoms with Gasteiger partial charge in [0.1, 0.15) is 27.8 Å². The highest BCUT2D eigenvalue weighted by Crippen LogP contribution is 2.48. The Morgan fingerprint density at radius 3 is 2.45 bits per heavy atom. The molecule has 0 aliphatic carbocycles. The van der Waals surface area contributed by atoms with Crippen molar-refractivity contribution in [2.75, 3.05) is 50.5 Å². The summed E-state index contributed by atoms with van der Waals surface area (Å²) in [5.74, 6) is -3.28. The van der Waals surface area contributed by atoms with Crippen molar-refractivity contribution in [2.24, 2.45) is 0 Å². The van der Waals surface area contributed by atoms with Crippen LogP contribution in [0, 0.1) is 0 Å². The zero-order valence-corrected chi connectivity index (χ0v) is 25.7. The Hall–Kier alpha value is -4.77. The van der Waals surface area contributed by atoms with E-state index in [0.717, 1.165) is 24.5 Å². The smallest absolute Gasteiger partial charge is 0.457 e. The molecule has 2 aromatic heterocycles. The Morgan fingerprint density at radius 2 is 1.79 bits per heavy atom. The SMILES string of the molecule is CN(C[C@H]1CN(c2c(NC(=O)c3csc(-c4ccnnc4)n3)ccc(Oc3ccccc3)c2C(F)(F)F)CCN1C)C(=O)C(F)(F)F. The van der Waals surface area contributed by atoms with E-state index in [1.165, 1.54) is 40.9 Å². The average molecular weight is 680 g/mol. The molecule has 0 saturated carbocycles. The number of nitrogens with one attached hydrogen (secondary N) is 1. The number of hydrogen-bond donors (Lipinski definition) is 1. The molecule has 0 bridgehead atoms. The van der Waals surface area contributed by atoms with E-state index in [9.17, 15) is 35.9 Å². The van der Waals surface area contributed by atoms with Crippen LogP contribution in [0.5, 0.6) is 11.5 Å². The minimum atomic E-state index is -5.12. The molecule has 2 aromatic carbocycles. The van der Waals surface area contributed by atoms with E-state index in [1.54, 1.807) is 36.2 Å². The first-order valence-corrected chi connectivity index (χ1v) is 14.9. The quantitative estimate of drug-likeness (QED) is 0.233.